The normalized spacial score (nSPS) is 11.3. The number of ether oxygens (including phenoxy) is 1. The lowest BCUT2D eigenvalue weighted by Gasteiger charge is -2.27. The van der Waals surface area contributed by atoms with Gasteiger partial charge in [0.25, 0.3) is 10.0 Å². The first-order chi connectivity index (χ1) is 18.1. The third kappa shape index (κ3) is 7.04. The van der Waals surface area contributed by atoms with Crippen molar-refractivity contribution in [1.29, 1.82) is 0 Å². The van der Waals surface area contributed by atoms with Crippen LogP contribution in [0.5, 0.6) is 5.75 Å². The van der Waals surface area contributed by atoms with E-state index in [-0.39, 0.29) is 31.9 Å². The highest BCUT2D eigenvalue weighted by atomic mass is 35.5. The van der Waals surface area contributed by atoms with Crippen LogP contribution in [-0.4, -0.2) is 26.6 Å². The lowest BCUT2D eigenvalue weighted by atomic mass is 10.2. The molecule has 3 aromatic carbocycles. The molecule has 0 radical (unpaired) electrons. The maximum absolute atomic E-state index is 12.8. The molecule has 0 aliphatic rings. The topological polar surface area (TPSA) is 71.5 Å². The van der Waals surface area contributed by atoms with Crippen molar-refractivity contribution in [3.05, 3.63) is 110 Å². The number of aromatic nitrogens is 1. The quantitative estimate of drug-likeness (QED) is 0.185. The Morgan fingerprint density at radius 3 is 2.11 bits per heavy atom. The van der Waals surface area contributed by atoms with Crippen LogP contribution < -0.4 is 14.4 Å². The number of hydrogen-bond donors (Lipinski definition) is 1. The summed E-state index contributed by atoms with van der Waals surface area (Å²) in [5.41, 5.74) is 2.68. The minimum atomic E-state index is -3.74. The average molecular weight is 611 g/mol. The molecule has 0 aliphatic carbocycles. The molecule has 0 spiro atoms. The van der Waals surface area contributed by atoms with Crippen LogP contribution in [0.2, 0.25) is 20.4 Å². The Labute approximate surface area is 242 Å². The van der Waals surface area contributed by atoms with Crippen molar-refractivity contribution < 1.29 is 13.2 Å². The van der Waals surface area contributed by atoms with Gasteiger partial charge in [0.2, 0.25) is 0 Å². The average Bonchev–Trinajstić information content (AvgIpc) is 2.88. The van der Waals surface area contributed by atoms with E-state index in [4.69, 9.17) is 51.1 Å². The Balaban J connectivity index is 1.54. The number of nitrogens with one attached hydrogen (secondary N) is 1. The standard InChI is InChI=1S/C27H23Cl4N3O3S/c1-18-14-20(33-38(35,36)22-10-6-3-7-11-22)16-21(15-18)37-13-12-34(17-19-8-4-2-5-9-19)25-23(28)26(30)32-27(31)24(25)29/h2-11,14-16,33H,12-13,17H2,1H3. The van der Waals surface area contributed by atoms with Gasteiger partial charge in [-0.15, -0.1) is 0 Å². The SMILES string of the molecule is Cc1cc(NS(=O)(=O)c2ccccc2)cc(OCCN(Cc2ccccc2)c2c(Cl)c(Cl)nc(Cl)c2Cl)c1. The molecule has 0 bridgehead atoms. The molecule has 0 fully saturated rings. The van der Waals surface area contributed by atoms with Gasteiger partial charge in [0.1, 0.15) is 22.4 Å². The number of benzene rings is 3. The molecule has 4 aromatic rings. The Kier molecular flexibility index (Phi) is 9.28. The van der Waals surface area contributed by atoms with Crippen molar-refractivity contribution in [2.45, 2.75) is 18.4 Å². The van der Waals surface area contributed by atoms with Crippen molar-refractivity contribution in [3.63, 3.8) is 0 Å². The van der Waals surface area contributed by atoms with Gasteiger partial charge in [0, 0.05) is 12.6 Å². The largest absolute Gasteiger partial charge is 0.492 e. The minimum Gasteiger partial charge on any atom is -0.492 e. The number of hydrogen-bond acceptors (Lipinski definition) is 5. The second-order valence-electron chi connectivity index (χ2n) is 8.38. The maximum Gasteiger partial charge on any atom is 0.261 e. The Morgan fingerprint density at radius 2 is 1.47 bits per heavy atom. The minimum absolute atomic E-state index is 0.0454. The molecule has 198 valence electrons. The van der Waals surface area contributed by atoms with E-state index in [9.17, 15) is 8.42 Å². The van der Waals surface area contributed by atoms with Crippen molar-refractivity contribution in [2.75, 3.05) is 22.8 Å². The molecule has 1 N–H and O–H groups in total. The van der Waals surface area contributed by atoms with Gasteiger partial charge in [-0.3, -0.25) is 4.72 Å². The Morgan fingerprint density at radius 1 is 0.868 bits per heavy atom. The lowest BCUT2D eigenvalue weighted by Crippen LogP contribution is -2.28. The number of halogens is 4. The van der Waals surface area contributed by atoms with E-state index < -0.39 is 10.0 Å². The van der Waals surface area contributed by atoms with Crippen molar-refractivity contribution in [3.8, 4) is 5.75 Å². The fourth-order valence-corrected chi connectivity index (χ4v) is 5.82. The van der Waals surface area contributed by atoms with E-state index in [1.807, 2.05) is 48.2 Å². The Hall–Kier alpha value is -2.68. The van der Waals surface area contributed by atoms with Gasteiger partial charge in [-0.1, -0.05) is 94.9 Å². The van der Waals surface area contributed by atoms with E-state index >= 15 is 0 Å². The van der Waals surface area contributed by atoms with E-state index in [1.165, 1.54) is 12.1 Å². The van der Waals surface area contributed by atoms with Crippen LogP contribution in [0, 0.1) is 6.92 Å². The summed E-state index contributed by atoms with van der Waals surface area (Å²) in [6.07, 6.45) is 0. The summed E-state index contributed by atoms with van der Waals surface area (Å²) in [5, 5.41) is 0.462. The van der Waals surface area contributed by atoms with Gasteiger partial charge in [-0.05, 0) is 42.3 Å². The molecule has 1 heterocycles. The van der Waals surface area contributed by atoms with Gasteiger partial charge in [-0.25, -0.2) is 13.4 Å². The summed E-state index contributed by atoms with van der Waals surface area (Å²) >= 11 is 25.4. The monoisotopic (exact) mass is 609 g/mol. The van der Waals surface area contributed by atoms with Gasteiger partial charge in [0.05, 0.1) is 22.8 Å². The fraction of sp³-hybridized carbons (Fsp3) is 0.148. The molecule has 4 rings (SSSR count). The van der Waals surface area contributed by atoms with E-state index in [0.717, 1.165) is 11.1 Å². The molecule has 0 aliphatic heterocycles. The number of pyridine rings is 1. The third-order valence-electron chi connectivity index (χ3n) is 5.49. The third-order valence-corrected chi connectivity index (χ3v) is 8.35. The molecule has 6 nitrogen and oxygen atoms in total. The first-order valence-corrected chi connectivity index (χ1v) is 14.4. The van der Waals surface area contributed by atoms with Crippen molar-refractivity contribution in [1.82, 2.24) is 4.98 Å². The van der Waals surface area contributed by atoms with Crippen molar-refractivity contribution in [2.24, 2.45) is 0 Å². The highest BCUT2D eigenvalue weighted by molar-refractivity contribution is 7.92. The van der Waals surface area contributed by atoms with Gasteiger partial charge in [-0.2, -0.15) is 0 Å². The fourth-order valence-electron chi connectivity index (χ4n) is 3.81. The predicted molar refractivity (Wildman–Crippen MR) is 156 cm³/mol. The maximum atomic E-state index is 12.8. The van der Waals surface area contributed by atoms with Crippen LogP contribution in [0.4, 0.5) is 11.4 Å². The zero-order chi connectivity index (χ0) is 27.3. The molecular formula is C27H23Cl4N3O3S. The summed E-state index contributed by atoms with van der Waals surface area (Å²) in [5.74, 6) is 0.499. The van der Waals surface area contributed by atoms with E-state index in [2.05, 4.69) is 9.71 Å². The van der Waals surface area contributed by atoms with Crippen LogP contribution in [0.3, 0.4) is 0 Å². The summed E-state index contributed by atoms with van der Waals surface area (Å²) in [4.78, 5) is 6.06. The highest BCUT2D eigenvalue weighted by Crippen LogP contribution is 2.41. The molecule has 1 aromatic heterocycles. The van der Waals surface area contributed by atoms with Crippen LogP contribution >= 0.6 is 46.4 Å². The van der Waals surface area contributed by atoms with Crippen LogP contribution in [0.25, 0.3) is 0 Å². The predicted octanol–water partition coefficient (Wildman–Crippen LogP) is 7.89. The van der Waals surface area contributed by atoms with Crippen LogP contribution in [-0.2, 0) is 16.6 Å². The van der Waals surface area contributed by atoms with Crippen LogP contribution in [0.1, 0.15) is 11.1 Å². The van der Waals surface area contributed by atoms with E-state index in [1.54, 1.807) is 30.3 Å². The van der Waals surface area contributed by atoms with Gasteiger partial charge >= 0.3 is 0 Å². The molecule has 0 amide bonds. The smallest absolute Gasteiger partial charge is 0.261 e. The molecule has 0 saturated carbocycles. The Bertz CT molecular complexity index is 1500. The van der Waals surface area contributed by atoms with E-state index in [0.29, 0.717) is 30.2 Å². The number of aryl methyl sites for hydroxylation is 1. The second-order valence-corrected chi connectivity index (χ2v) is 11.5. The number of rotatable bonds is 10. The molecule has 38 heavy (non-hydrogen) atoms. The second kappa shape index (κ2) is 12.5. The number of anilines is 2. The molecule has 0 saturated heterocycles. The molecule has 11 heteroatoms. The summed E-state index contributed by atoms with van der Waals surface area (Å²) in [6, 6.07) is 23.1. The first kappa shape index (κ1) is 28.3. The number of nitrogens with zero attached hydrogens (tertiary/aromatic N) is 2. The summed E-state index contributed by atoms with van der Waals surface area (Å²) < 4.78 is 34.2. The summed E-state index contributed by atoms with van der Waals surface area (Å²) in [7, 11) is -3.74. The summed E-state index contributed by atoms with van der Waals surface area (Å²) in [6.45, 7) is 2.90. The molecule has 0 unspecified atom stereocenters. The van der Waals surface area contributed by atoms with Gasteiger partial charge in [0.15, 0.2) is 10.3 Å². The van der Waals surface area contributed by atoms with Crippen molar-refractivity contribution >= 4 is 67.8 Å². The zero-order valence-corrected chi connectivity index (χ0v) is 24.0. The lowest BCUT2D eigenvalue weighted by molar-refractivity contribution is 0.323. The molecule has 0 atom stereocenters. The highest BCUT2D eigenvalue weighted by Gasteiger charge is 2.22. The number of sulfonamides is 1. The van der Waals surface area contributed by atoms with Gasteiger partial charge < -0.3 is 9.64 Å². The molecular weight excluding hydrogens is 588 g/mol. The first-order valence-electron chi connectivity index (χ1n) is 11.5. The zero-order valence-electron chi connectivity index (χ0n) is 20.2. The van der Waals surface area contributed by atoms with Crippen LogP contribution in [0.15, 0.2) is 83.8 Å².